The van der Waals surface area contributed by atoms with Crippen LogP contribution in [0.5, 0.6) is 0 Å². The van der Waals surface area contributed by atoms with Gasteiger partial charge in [-0.05, 0) is 13.8 Å². The van der Waals surface area contributed by atoms with Crippen LogP contribution in [0, 0.1) is 0 Å². The minimum absolute atomic E-state index is 0.169. The van der Waals surface area contributed by atoms with Crippen LogP contribution in [0.2, 0.25) is 0 Å². The van der Waals surface area contributed by atoms with Gasteiger partial charge in [0.05, 0.1) is 6.61 Å². The highest BCUT2D eigenvalue weighted by Gasteiger charge is 2.02. The Morgan fingerprint density at radius 2 is 2.00 bits per heavy atom. The van der Waals surface area contributed by atoms with E-state index in [0.717, 1.165) is 0 Å². The Morgan fingerprint density at radius 3 is 2.00 bits per heavy atom. The zero-order valence-electron chi connectivity index (χ0n) is 5.64. The Kier molecular flexibility index (Phi) is 2.95. The minimum Gasteiger partial charge on any atom is -0.402 e. The molecule has 0 saturated heterocycles. The number of hydrogen-bond acceptors (Lipinski definition) is 3. The van der Waals surface area contributed by atoms with Crippen molar-refractivity contribution in [2.45, 2.75) is 13.8 Å². The first-order valence-electron chi connectivity index (χ1n) is 2.66. The molecule has 0 saturated carbocycles. The summed E-state index contributed by atoms with van der Waals surface area (Å²) < 4.78 is 0. The average molecular weight is 129 g/mol. The summed E-state index contributed by atoms with van der Waals surface area (Å²) >= 11 is 0. The predicted octanol–water partition coefficient (Wildman–Crippen LogP) is -0.200. The smallest absolute Gasteiger partial charge is 0.159 e. The molecule has 0 aliphatic heterocycles. The van der Waals surface area contributed by atoms with Crippen molar-refractivity contribution in [3.63, 3.8) is 0 Å². The molecule has 0 rings (SSSR count). The van der Waals surface area contributed by atoms with Crippen molar-refractivity contribution in [2.24, 2.45) is 5.73 Å². The molecule has 3 nitrogen and oxygen atoms in total. The van der Waals surface area contributed by atoms with Crippen LogP contribution in [-0.2, 0) is 4.79 Å². The van der Waals surface area contributed by atoms with E-state index in [1.165, 1.54) is 6.92 Å². The molecule has 0 amide bonds. The van der Waals surface area contributed by atoms with E-state index in [4.69, 9.17) is 10.8 Å². The summed E-state index contributed by atoms with van der Waals surface area (Å²) in [7, 11) is 0. The third-order valence-corrected chi connectivity index (χ3v) is 1.06. The number of rotatable bonds is 2. The monoisotopic (exact) mass is 129 g/mol. The van der Waals surface area contributed by atoms with E-state index in [2.05, 4.69) is 0 Å². The number of aliphatic hydroxyl groups excluding tert-OH is 1. The van der Waals surface area contributed by atoms with Gasteiger partial charge >= 0.3 is 0 Å². The van der Waals surface area contributed by atoms with E-state index in [1.54, 1.807) is 6.92 Å². The van der Waals surface area contributed by atoms with E-state index in [-0.39, 0.29) is 12.4 Å². The second-order valence-corrected chi connectivity index (χ2v) is 1.88. The van der Waals surface area contributed by atoms with E-state index in [0.29, 0.717) is 11.3 Å². The lowest BCUT2D eigenvalue weighted by molar-refractivity contribution is -0.114. The molecule has 52 valence electrons. The van der Waals surface area contributed by atoms with Crippen LogP contribution in [0.4, 0.5) is 0 Å². The number of nitrogens with two attached hydrogens (primary N) is 1. The van der Waals surface area contributed by atoms with Crippen LogP contribution in [0.15, 0.2) is 11.3 Å². The summed E-state index contributed by atoms with van der Waals surface area (Å²) in [5.74, 6) is -0.169. The Labute approximate surface area is 54.2 Å². The molecule has 0 bridgehead atoms. The van der Waals surface area contributed by atoms with Gasteiger partial charge in [-0.25, -0.2) is 0 Å². The molecule has 0 atom stereocenters. The second kappa shape index (κ2) is 3.25. The summed E-state index contributed by atoms with van der Waals surface area (Å²) in [5, 5.41) is 8.51. The highest BCUT2D eigenvalue weighted by atomic mass is 16.3. The molecule has 0 aromatic rings. The normalized spacial score (nSPS) is 12.8. The summed E-state index contributed by atoms with van der Waals surface area (Å²) in [6, 6.07) is 0. The first-order chi connectivity index (χ1) is 4.09. The van der Waals surface area contributed by atoms with Gasteiger partial charge in [0.2, 0.25) is 0 Å². The van der Waals surface area contributed by atoms with Gasteiger partial charge in [0, 0.05) is 11.3 Å². The summed E-state index contributed by atoms with van der Waals surface area (Å²) in [6.07, 6.45) is 0. The first kappa shape index (κ1) is 8.17. The van der Waals surface area contributed by atoms with Crippen LogP contribution >= 0.6 is 0 Å². The third kappa shape index (κ3) is 2.28. The minimum atomic E-state index is -0.266. The maximum absolute atomic E-state index is 10.5. The number of aliphatic hydroxyl groups is 1. The second-order valence-electron chi connectivity index (χ2n) is 1.88. The molecule has 0 aromatic carbocycles. The van der Waals surface area contributed by atoms with Crippen LogP contribution in [0.1, 0.15) is 13.8 Å². The van der Waals surface area contributed by atoms with Gasteiger partial charge < -0.3 is 10.8 Å². The Hall–Kier alpha value is -0.830. The van der Waals surface area contributed by atoms with Crippen molar-refractivity contribution in [1.82, 2.24) is 0 Å². The molecule has 0 heterocycles. The van der Waals surface area contributed by atoms with Crippen molar-refractivity contribution in [1.29, 1.82) is 0 Å². The number of carbonyl (C=O) groups excluding carboxylic acids is 1. The van der Waals surface area contributed by atoms with E-state index in [9.17, 15) is 4.79 Å². The Bertz CT molecular complexity index is 145. The molecule has 0 spiro atoms. The van der Waals surface area contributed by atoms with Crippen molar-refractivity contribution < 1.29 is 9.90 Å². The fourth-order valence-corrected chi connectivity index (χ4v) is 0.514. The molecule has 0 unspecified atom stereocenters. The zero-order valence-corrected chi connectivity index (χ0v) is 5.64. The lowest BCUT2D eigenvalue weighted by atomic mass is 10.1. The highest BCUT2D eigenvalue weighted by molar-refractivity contribution is 5.94. The topological polar surface area (TPSA) is 63.3 Å². The number of ketones is 1. The van der Waals surface area contributed by atoms with Crippen molar-refractivity contribution in [2.75, 3.05) is 6.61 Å². The fraction of sp³-hybridized carbons (Fsp3) is 0.500. The number of hydrogen-bond donors (Lipinski definition) is 2. The van der Waals surface area contributed by atoms with Crippen molar-refractivity contribution in [3.05, 3.63) is 11.3 Å². The molecule has 0 aliphatic carbocycles. The van der Waals surface area contributed by atoms with Crippen LogP contribution < -0.4 is 5.73 Å². The molecule has 0 fully saturated rings. The van der Waals surface area contributed by atoms with Gasteiger partial charge in [0.25, 0.3) is 0 Å². The fourth-order valence-electron chi connectivity index (χ4n) is 0.514. The molecular formula is C6H11NO2. The van der Waals surface area contributed by atoms with Gasteiger partial charge in [-0.2, -0.15) is 0 Å². The SMILES string of the molecule is CC(=O)/C(CO)=C(\C)N. The summed E-state index contributed by atoms with van der Waals surface area (Å²) in [6.45, 7) is 2.70. The molecule has 0 aromatic heterocycles. The van der Waals surface area contributed by atoms with E-state index in [1.807, 2.05) is 0 Å². The molecule has 9 heavy (non-hydrogen) atoms. The summed E-state index contributed by atoms with van der Waals surface area (Å²) in [4.78, 5) is 10.5. The molecule has 0 radical (unpaired) electrons. The number of carbonyl (C=O) groups is 1. The quantitative estimate of drug-likeness (QED) is 0.507. The lowest BCUT2D eigenvalue weighted by Gasteiger charge is -1.98. The Morgan fingerprint density at radius 1 is 1.56 bits per heavy atom. The van der Waals surface area contributed by atoms with Crippen LogP contribution in [0.25, 0.3) is 0 Å². The standard InChI is InChI=1S/C6H11NO2/c1-4(7)6(3-8)5(2)9/h8H,3,7H2,1-2H3/b6-4+. The Balaban J connectivity index is 4.35. The summed E-state index contributed by atoms with van der Waals surface area (Å²) in [5.41, 5.74) is 5.94. The van der Waals surface area contributed by atoms with Crippen molar-refractivity contribution in [3.8, 4) is 0 Å². The lowest BCUT2D eigenvalue weighted by Crippen LogP contribution is -2.09. The maximum atomic E-state index is 10.5. The predicted molar refractivity (Wildman–Crippen MR) is 34.7 cm³/mol. The van der Waals surface area contributed by atoms with Gasteiger partial charge in [-0.1, -0.05) is 0 Å². The maximum Gasteiger partial charge on any atom is 0.159 e. The van der Waals surface area contributed by atoms with Gasteiger partial charge in [-0.3, -0.25) is 4.79 Å². The highest BCUT2D eigenvalue weighted by Crippen LogP contribution is 1.97. The van der Waals surface area contributed by atoms with E-state index >= 15 is 0 Å². The zero-order chi connectivity index (χ0) is 7.44. The van der Waals surface area contributed by atoms with Crippen molar-refractivity contribution >= 4 is 5.78 Å². The first-order valence-corrected chi connectivity index (χ1v) is 2.66. The number of Topliss-reactive ketones (excluding diaryl/α,β-unsaturated/α-hetero) is 1. The van der Waals surface area contributed by atoms with Crippen LogP contribution in [0.3, 0.4) is 0 Å². The molecule has 3 N–H and O–H groups in total. The van der Waals surface area contributed by atoms with E-state index < -0.39 is 0 Å². The molecule has 3 heteroatoms. The molecule has 0 aliphatic rings. The van der Waals surface area contributed by atoms with Crippen LogP contribution in [-0.4, -0.2) is 17.5 Å². The molecular weight excluding hydrogens is 118 g/mol. The average Bonchev–Trinajstić information content (AvgIpc) is 1.64. The van der Waals surface area contributed by atoms with Gasteiger partial charge in [0.1, 0.15) is 0 Å². The van der Waals surface area contributed by atoms with Gasteiger partial charge in [0.15, 0.2) is 5.78 Å². The third-order valence-electron chi connectivity index (χ3n) is 1.06. The van der Waals surface area contributed by atoms with Gasteiger partial charge in [-0.15, -0.1) is 0 Å². The number of allylic oxidation sites excluding steroid dienone is 1. The largest absolute Gasteiger partial charge is 0.402 e.